The van der Waals surface area contributed by atoms with Crippen molar-refractivity contribution in [3.8, 4) is 17.2 Å². The van der Waals surface area contributed by atoms with Crippen molar-refractivity contribution in [1.29, 1.82) is 0 Å². The van der Waals surface area contributed by atoms with Crippen molar-refractivity contribution in [2.75, 3.05) is 82.7 Å². The van der Waals surface area contributed by atoms with E-state index in [9.17, 15) is 30.3 Å². The third-order valence-electron chi connectivity index (χ3n) is 17.2. The number of methoxy groups -OCH3 is 2. The van der Waals surface area contributed by atoms with E-state index in [4.69, 9.17) is 15.2 Å². The third-order valence-corrected chi connectivity index (χ3v) is 17.2. The fourth-order valence-corrected chi connectivity index (χ4v) is 12.8. The fourth-order valence-electron chi connectivity index (χ4n) is 12.8. The summed E-state index contributed by atoms with van der Waals surface area (Å²) in [5, 5.41) is 53.4. The second-order valence-corrected chi connectivity index (χ2v) is 23.8. The van der Waals surface area contributed by atoms with Gasteiger partial charge >= 0.3 is 0 Å². The van der Waals surface area contributed by atoms with E-state index in [1.54, 1.807) is 38.5 Å². The minimum atomic E-state index is -0.671. The lowest BCUT2D eigenvalue weighted by atomic mass is 9.72. The number of aromatic hydroxyl groups is 1. The van der Waals surface area contributed by atoms with Crippen LogP contribution in [0.2, 0.25) is 0 Å². The zero-order chi connectivity index (χ0) is 56.1. The normalized spacial score (nSPS) is 19.8. The van der Waals surface area contributed by atoms with Gasteiger partial charge in [0.25, 0.3) is 0 Å². The highest BCUT2D eigenvalue weighted by molar-refractivity contribution is 5.85. The second kappa shape index (κ2) is 32.4. The molecule has 0 heterocycles. The van der Waals surface area contributed by atoms with Crippen LogP contribution in [0.15, 0.2) is 97.1 Å². The maximum absolute atomic E-state index is 11.1. The van der Waals surface area contributed by atoms with Gasteiger partial charge in [-0.15, -0.1) is 12.4 Å². The summed E-state index contributed by atoms with van der Waals surface area (Å²) in [6, 6.07) is 31.1. The van der Waals surface area contributed by atoms with E-state index in [2.05, 4.69) is 67.2 Å². The Bertz CT molecular complexity index is 2170. The third kappa shape index (κ3) is 19.6. The number of carbonyl (C=O) groups is 1. The first-order valence-corrected chi connectivity index (χ1v) is 29.0. The Kier molecular flexibility index (Phi) is 27.6. The highest BCUT2D eigenvalue weighted by Gasteiger charge is 2.42. The van der Waals surface area contributed by atoms with Crippen LogP contribution in [-0.2, 0) is 0 Å². The van der Waals surface area contributed by atoms with Gasteiger partial charge in [-0.05, 0) is 152 Å². The lowest BCUT2D eigenvalue weighted by Crippen LogP contribution is -2.42. The average molecular weight is 1100 g/mol. The molecule has 436 valence electrons. The summed E-state index contributed by atoms with van der Waals surface area (Å²) in [6.07, 6.45) is 21.7. The van der Waals surface area contributed by atoms with E-state index < -0.39 is 22.4 Å². The number of rotatable bonds is 18. The first-order valence-electron chi connectivity index (χ1n) is 29.0. The number of phenols is 1. The molecule has 4 saturated carbocycles. The smallest absolute Gasteiger partial charge is 0.150 e. The van der Waals surface area contributed by atoms with Gasteiger partial charge in [-0.2, -0.15) is 0 Å². The van der Waals surface area contributed by atoms with Crippen molar-refractivity contribution >= 4 is 18.7 Å². The van der Waals surface area contributed by atoms with Gasteiger partial charge < -0.3 is 55.4 Å². The molecule has 4 aromatic carbocycles. The second-order valence-electron chi connectivity index (χ2n) is 23.8. The molecule has 0 radical (unpaired) electrons. The van der Waals surface area contributed by atoms with E-state index in [1.807, 2.05) is 62.6 Å². The molecule has 0 aliphatic heterocycles. The predicted molar refractivity (Wildman–Crippen MR) is 321 cm³/mol. The van der Waals surface area contributed by atoms with Gasteiger partial charge in [0.2, 0.25) is 0 Å². The maximum Gasteiger partial charge on any atom is 0.150 e. The van der Waals surface area contributed by atoms with E-state index >= 15 is 0 Å². The molecule has 0 saturated heterocycles. The van der Waals surface area contributed by atoms with Crippen LogP contribution in [0.5, 0.6) is 17.2 Å². The summed E-state index contributed by atoms with van der Waals surface area (Å²) in [4.78, 5) is 17.1. The zero-order valence-corrected chi connectivity index (χ0v) is 49.7. The number of halogens is 1. The van der Waals surface area contributed by atoms with Crippen LogP contribution in [0.3, 0.4) is 0 Å². The summed E-state index contributed by atoms with van der Waals surface area (Å²) >= 11 is 0. The number of benzene rings is 4. The van der Waals surface area contributed by atoms with Crippen LogP contribution in [0.25, 0.3) is 0 Å². The molecular formula is C65H101ClN4O8. The molecule has 0 amide bonds. The number of nitrogens with two attached hydrogens (primary N) is 1. The van der Waals surface area contributed by atoms with Crippen LogP contribution < -0.4 is 15.2 Å². The quantitative estimate of drug-likeness (QED) is 0.0522. The predicted octanol–water partition coefficient (Wildman–Crippen LogP) is 11.5. The molecule has 4 aliphatic carbocycles. The van der Waals surface area contributed by atoms with Gasteiger partial charge in [-0.25, -0.2) is 0 Å². The summed E-state index contributed by atoms with van der Waals surface area (Å²) in [6.45, 7) is 3.03. The molecular weight excluding hydrogens is 1000 g/mol. The molecule has 4 aliphatic rings. The van der Waals surface area contributed by atoms with Crippen LogP contribution in [0.1, 0.15) is 185 Å². The van der Waals surface area contributed by atoms with Gasteiger partial charge in [-0.3, -0.25) is 4.79 Å². The lowest BCUT2D eigenvalue weighted by molar-refractivity contribution is -0.0280. The standard InChI is InChI=1S/2C17H27NO2.C16H25NO2.C15H21NO2.ClH/c2*1-18(2)13-16(17(19)11-5-4-6-12-17)14-7-9-15(20-3)10-8-14;1-17(2)12-15(13-6-8-14(18)9-7-13)16(19)10-4-3-5-11-16;16-10-14(15(18)8-2-1-3-9-15)13-6-4-12(11-17)5-7-13;/h2*7-10,16,19H,4-6,11-13H2,1-3H3;6-9,15,18-19H,3-5,10-12H2,1-2H3;4-7,11,14,18H,1-3,8-10,16H2;1H. The van der Waals surface area contributed by atoms with Crippen molar-refractivity contribution in [3.05, 3.63) is 125 Å². The molecule has 4 fully saturated rings. The Labute approximate surface area is 476 Å². The number of carbonyl (C=O) groups excluding carboxylic acids is 1. The van der Waals surface area contributed by atoms with Gasteiger partial charge in [0.15, 0.2) is 0 Å². The van der Waals surface area contributed by atoms with Crippen LogP contribution >= 0.6 is 12.4 Å². The Morgan fingerprint density at radius 2 is 0.679 bits per heavy atom. The van der Waals surface area contributed by atoms with Gasteiger partial charge in [0, 0.05) is 55.4 Å². The molecule has 4 unspecified atom stereocenters. The number of phenolic OH excluding ortho intramolecular Hbond substituents is 1. The van der Waals surface area contributed by atoms with Crippen LogP contribution in [0, 0.1) is 0 Å². The van der Waals surface area contributed by atoms with Crippen LogP contribution in [0.4, 0.5) is 0 Å². The van der Waals surface area contributed by atoms with E-state index in [0.717, 1.165) is 151 Å². The molecule has 13 heteroatoms. The number of likely N-dealkylation sites (N-methyl/N-ethyl adjacent to an activating group) is 3. The molecule has 7 N–H and O–H groups in total. The molecule has 4 atom stereocenters. The highest BCUT2D eigenvalue weighted by Crippen LogP contribution is 2.44. The number of aliphatic hydroxyl groups is 4. The summed E-state index contributed by atoms with van der Waals surface area (Å²) in [7, 11) is 15.7. The number of hydrogen-bond donors (Lipinski definition) is 6. The molecule has 78 heavy (non-hydrogen) atoms. The molecule has 4 aromatic rings. The highest BCUT2D eigenvalue weighted by atomic mass is 35.5. The van der Waals surface area contributed by atoms with E-state index in [-0.39, 0.29) is 41.8 Å². The minimum absolute atomic E-state index is 0. The SMILES string of the molecule is CN(C)CC(c1ccc(O)cc1)C1(O)CCCCC1.COc1ccc(C(CN(C)C)C2(O)CCCCC2)cc1.COc1ccc(C(CN(C)C)C2(O)CCCCC2)cc1.Cl.NCC(c1ccc(C=O)cc1)C1(O)CCCCC1. The van der Waals surface area contributed by atoms with Crippen molar-refractivity contribution in [2.24, 2.45) is 5.73 Å². The number of hydrogen-bond acceptors (Lipinski definition) is 12. The van der Waals surface area contributed by atoms with Gasteiger partial charge in [-0.1, -0.05) is 138 Å². The van der Waals surface area contributed by atoms with Gasteiger partial charge in [0.05, 0.1) is 36.6 Å². The summed E-state index contributed by atoms with van der Waals surface area (Å²) < 4.78 is 10.5. The lowest BCUT2D eigenvalue weighted by Gasteiger charge is -2.40. The monoisotopic (exact) mass is 1100 g/mol. The number of aldehydes is 1. The maximum atomic E-state index is 11.1. The summed E-state index contributed by atoms with van der Waals surface area (Å²) in [5.74, 6) is 2.44. The first kappa shape index (κ1) is 66.4. The summed E-state index contributed by atoms with van der Waals surface area (Å²) in [5.41, 5.74) is 8.71. The zero-order valence-electron chi connectivity index (χ0n) is 48.9. The minimum Gasteiger partial charge on any atom is -0.508 e. The van der Waals surface area contributed by atoms with Crippen LogP contribution in [-0.4, -0.2) is 152 Å². The van der Waals surface area contributed by atoms with Crippen molar-refractivity contribution < 1.29 is 39.8 Å². The fraction of sp³-hybridized carbons (Fsp3) is 0.615. The van der Waals surface area contributed by atoms with E-state index in [0.29, 0.717) is 12.1 Å². The Morgan fingerprint density at radius 1 is 0.436 bits per heavy atom. The average Bonchev–Trinajstić information content (AvgIpc) is 3.43. The molecule has 0 bridgehead atoms. The first-order chi connectivity index (χ1) is 36.8. The molecule has 8 rings (SSSR count). The van der Waals surface area contributed by atoms with Crippen molar-refractivity contribution in [2.45, 2.75) is 174 Å². The van der Waals surface area contributed by atoms with Gasteiger partial charge in [0.1, 0.15) is 23.5 Å². The number of ether oxygens (including phenoxy) is 2. The molecule has 12 nitrogen and oxygen atoms in total. The van der Waals surface area contributed by atoms with E-state index in [1.165, 1.54) is 36.8 Å². The Morgan fingerprint density at radius 3 is 0.923 bits per heavy atom. The van der Waals surface area contributed by atoms with Crippen molar-refractivity contribution in [3.63, 3.8) is 0 Å². The topological polar surface area (TPSA) is 172 Å². The molecule has 0 spiro atoms. The number of nitrogens with zero attached hydrogens (tertiary/aromatic N) is 3. The Hall–Kier alpha value is -4.08. The Balaban J connectivity index is 0.000000224. The van der Waals surface area contributed by atoms with Crippen molar-refractivity contribution in [1.82, 2.24) is 14.7 Å². The molecule has 0 aromatic heterocycles. The largest absolute Gasteiger partial charge is 0.508 e.